The van der Waals surface area contributed by atoms with E-state index in [4.69, 9.17) is 15.2 Å². The highest BCUT2D eigenvalue weighted by Crippen LogP contribution is 2.28. The fourth-order valence-electron chi connectivity index (χ4n) is 2.39. The highest BCUT2D eigenvalue weighted by Gasteiger charge is 2.07. The zero-order chi connectivity index (χ0) is 19.6. The van der Waals surface area contributed by atoms with E-state index in [2.05, 4.69) is 11.9 Å². The summed E-state index contributed by atoms with van der Waals surface area (Å²) in [7, 11) is 1.55. The lowest BCUT2D eigenvalue weighted by Crippen LogP contribution is -2.16. The van der Waals surface area contributed by atoms with Crippen LogP contribution in [0, 0.1) is 0 Å². The highest BCUT2D eigenvalue weighted by molar-refractivity contribution is 6.02. The molecule has 0 aliphatic heterocycles. The van der Waals surface area contributed by atoms with Crippen molar-refractivity contribution in [3.8, 4) is 11.5 Å². The summed E-state index contributed by atoms with van der Waals surface area (Å²) in [5.41, 5.74) is 7.23. The molecule has 0 spiro atoms. The van der Waals surface area contributed by atoms with Crippen LogP contribution in [0.2, 0.25) is 0 Å². The van der Waals surface area contributed by atoms with Crippen LogP contribution in [0.25, 0.3) is 6.08 Å². The Labute approximate surface area is 158 Å². The lowest BCUT2D eigenvalue weighted by Gasteiger charge is -2.10. The van der Waals surface area contributed by atoms with Crippen LogP contribution in [0.5, 0.6) is 11.5 Å². The maximum atomic E-state index is 12.2. The van der Waals surface area contributed by atoms with Gasteiger partial charge in [-0.2, -0.15) is 0 Å². The Hall–Kier alpha value is -3.54. The number of ether oxygens (including phenoxy) is 2. The number of amides is 2. The summed E-state index contributed by atoms with van der Waals surface area (Å²) in [6, 6.07) is 12.4. The number of benzene rings is 2. The maximum Gasteiger partial charge on any atom is 0.248 e. The molecule has 0 saturated carbocycles. The van der Waals surface area contributed by atoms with Gasteiger partial charge in [-0.25, -0.2) is 0 Å². The number of rotatable bonds is 9. The van der Waals surface area contributed by atoms with Gasteiger partial charge in [0.2, 0.25) is 11.8 Å². The van der Waals surface area contributed by atoms with E-state index < -0.39 is 5.91 Å². The second kappa shape index (κ2) is 9.82. The van der Waals surface area contributed by atoms with Crippen molar-refractivity contribution in [2.24, 2.45) is 5.73 Å². The van der Waals surface area contributed by atoms with Crippen molar-refractivity contribution in [3.63, 3.8) is 0 Å². The largest absolute Gasteiger partial charge is 0.493 e. The molecule has 0 aliphatic rings. The molecule has 0 bridgehead atoms. The van der Waals surface area contributed by atoms with Crippen molar-refractivity contribution in [2.75, 3.05) is 19.0 Å². The van der Waals surface area contributed by atoms with Gasteiger partial charge < -0.3 is 20.5 Å². The zero-order valence-corrected chi connectivity index (χ0v) is 15.1. The smallest absolute Gasteiger partial charge is 0.248 e. The third-order valence-electron chi connectivity index (χ3n) is 3.61. The number of nitrogens with one attached hydrogen (secondary N) is 1. The molecule has 0 atom stereocenters. The molecular formula is C21H22N2O4. The van der Waals surface area contributed by atoms with Gasteiger partial charge >= 0.3 is 0 Å². The molecule has 0 aliphatic carbocycles. The molecule has 6 nitrogen and oxygen atoms in total. The standard InChI is InChI=1S/C21H22N2O4/c1-3-12-27-18-10-8-15(13-19(18)26-2)9-11-21(25)23-17-7-5-4-6-16(17)14-20(22)24/h3-11,13H,1,12,14H2,2H3,(H2,22,24)(H,23,25). The topological polar surface area (TPSA) is 90.6 Å². The fourth-order valence-corrected chi connectivity index (χ4v) is 2.39. The second-order valence-corrected chi connectivity index (χ2v) is 5.63. The van der Waals surface area contributed by atoms with Gasteiger partial charge in [0, 0.05) is 11.8 Å². The first kappa shape index (κ1) is 19.8. The van der Waals surface area contributed by atoms with Crippen molar-refractivity contribution >= 4 is 23.6 Å². The van der Waals surface area contributed by atoms with E-state index in [9.17, 15) is 9.59 Å². The summed E-state index contributed by atoms with van der Waals surface area (Å²) in [6.07, 6.45) is 4.77. The molecule has 2 rings (SSSR count). The Kier molecular flexibility index (Phi) is 7.19. The average molecular weight is 366 g/mol. The van der Waals surface area contributed by atoms with Crippen LogP contribution in [0.15, 0.2) is 61.2 Å². The summed E-state index contributed by atoms with van der Waals surface area (Å²) in [5, 5.41) is 2.75. The molecule has 3 N–H and O–H groups in total. The van der Waals surface area contributed by atoms with E-state index in [0.717, 1.165) is 5.56 Å². The molecule has 6 heteroatoms. The lowest BCUT2D eigenvalue weighted by atomic mass is 10.1. The van der Waals surface area contributed by atoms with Crippen molar-refractivity contribution in [3.05, 3.63) is 72.3 Å². The number of anilines is 1. The van der Waals surface area contributed by atoms with E-state index in [1.165, 1.54) is 6.08 Å². The molecule has 0 saturated heterocycles. The number of hydrogen-bond donors (Lipinski definition) is 2. The van der Waals surface area contributed by atoms with Gasteiger partial charge in [0.25, 0.3) is 0 Å². The molecule has 2 aromatic rings. The number of methoxy groups -OCH3 is 1. The molecule has 0 heterocycles. The van der Waals surface area contributed by atoms with Gasteiger partial charge in [-0.05, 0) is 35.4 Å². The number of para-hydroxylation sites is 1. The van der Waals surface area contributed by atoms with Crippen molar-refractivity contribution < 1.29 is 19.1 Å². The molecule has 2 aromatic carbocycles. The van der Waals surface area contributed by atoms with E-state index in [0.29, 0.717) is 29.4 Å². The molecule has 0 fully saturated rings. The molecule has 0 unspecified atom stereocenters. The van der Waals surface area contributed by atoms with Crippen molar-refractivity contribution in [1.82, 2.24) is 0 Å². The molecule has 0 radical (unpaired) electrons. The molecule has 2 amide bonds. The summed E-state index contributed by atoms with van der Waals surface area (Å²) in [5.74, 6) is 0.376. The van der Waals surface area contributed by atoms with Gasteiger partial charge in [-0.1, -0.05) is 36.9 Å². The minimum atomic E-state index is -0.460. The van der Waals surface area contributed by atoms with E-state index in [-0.39, 0.29) is 12.3 Å². The third kappa shape index (κ3) is 6.04. The fraction of sp³-hybridized carbons (Fsp3) is 0.143. The van der Waals surface area contributed by atoms with Crippen LogP contribution in [0.3, 0.4) is 0 Å². The van der Waals surface area contributed by atoms with Crippen molar-refractivity contribution in [2.45, 2.75) is 6.42 Å². The minimum Gasteiger partial charge on any atom is -0.493 e. The first-order valence-corrected chi connectivity index (χ1v) is 8.30. The Morgan fingerprint density at radius 3 is 2.67 bits per heavy atom. The number of carbonyl (C=O) groups is 2. The lowest BCUT2D eigenvalue weighted by molar-refractivity contribution is -0.117. The van der Waals surface area contributed by atoms with E-state index in [1.54, 1.807) is 55.7 Å². The maximum absolute atomic E-state index is 12.2. The predicted molar refractivity (Wildman–Crippen MR) is 106 cm³/mol. The van der Waals surface area contributed by atoms with Crippen LogP contribution in [-0.2, 0) is 16.0 Å². The van der Waals surface area contributed by atoms with Gasteiger partial charge in [-0.3, -0.25) is 9.59 Å². The van der Waals surface area contributed by atoms with Gasteiger partial charge in [0.05, 0.1) is 13.5 Å². The van der Waals surface area contributed by atoms with Crippen LogP contribution < -0.4 is 20.5 Å². The average Bonchev–Trinajstić information content (AvgIpc) is 2.66. The summed E-state index contributed by atoms with van der Waals surface area (Å²) < 4.78 is 10.8. The SMILES string of the molecule is C=CCOc1ccc(C=CC(=O)Nc2ccccc2CC(N)=O)cc1OC. The van der Waals surface area contributed by atoms with Gasteiger partial charge in [0.1, 0.15) is 6.61 Å². The Bertz CT molecular complexity index is 859. The first-order valence-electron chi connectivity index (χ1n) is 8.30. The summed E-state index contributed by atoms with van der Waals surface area (Å²) in [6.45, 7) is 3.98. The normalized spacial score (nSPS) is 10.4. The Morgan fingerprint density at radius 1 is 1.19 bits per heavy atom. The molecule has 27 heavy (non-hydrogen) atoms. The van der Waals surface area contributed by atoms with Crippen LogP contribution >= 0.6 is 0 Å². The summed E-state index contributed by atoms with van der Waals surface area (Å²) >= 11 is 0. The highest BCUT2D eigenvalue weighted by atomic mass is 16.5. The predicted octanol–water partition coefficient (Wildman–Crippen LogP) is 2.94. The van der Waals surface area contributed by atoms with Crippen LogP contribution in [0.4, 0.5) is 5.69 Å². The minimum absolute atomic E-state index is 0.0591. The number of primary amides is 1. The molecule has 140 valence electrons. The molecule has 0 aromatic heterocycles. The Morgan fingerprint density at radius 2 is 1.96 bits per heavy atom. The first-order chi connectivity index (χ1) is 13.0. The quantitative estimate of drug-likeness (QED) is 0.527. The summed E-state index contributed by atoms with van der Waals surface area (Å²) in [4.78, 5) is 23.3. The number of nitrogens with two attached hydrogens (primary N) is 1. The van der Waals surface area contributed by atoms with Gasteiger partial charge in [-0.15, -0.1) is 0 Å². The molecular weight excluding hydrogens is 344 g/mol. The number of carbonyl (C=O) groups excluding carboxylic acids is 2. The van der Waals surface area contributed by atoms with Gasteiger partial charge in [0.15, 0.2) is 11.5 Å². The van der Waals surface area contributed by atoms with Crippen LogP contribution in [-0.4, -0.2) is 25.5 Å². The zero-order valence-electron chi connectivity index (χ0n) is 15.1. The van der Waals surface area contributed by atoms with Crippen molar-refractivity contribution in [1.29, 1.82) is 0 Å². The number of hydrogen-bond acceptors (Lipinski definition) is 4. The van der Waals surface area contributed by atoms with E-state index in [1.807, 2.05) is 6.07 Å². The van der Waals surface area contributed by atoms with E-state index >= 15 is 0 Å². The third-order valence-corrected chi connectivity index (χ3v) is 3.61. The second-order valence-electron chi connectivity index (χ2n) is 5.63. The monoisotopic (exact) mass is 366 g/mol. The Balaban J connectivity index is 2.09. The van der Waals surface area contributed by atoms with Crippen LogP contribution in [0.1, 0.15) is 11.1 Å².